The minimum atomic E-state index is -0.421. The highest BCUT2D eigenvalue weighted by Gasteiger charge is 2.23. The van der Waals surface area contributed by atoms with Gasteiger partial charge in [0.2, 0.25) is 5.91 Å². The van der Waals surface area contributed by atoms with Crippen LogP contribution in [-0.4, -0.2) is 51.0 Å². The van der Waals surface area contributed by atoms with Crippen molar-refractivity contribution >= 4 is 28.3 Å². The number of fused-ring (bicyclic) bond motifs is 1. The first-order valence-electron chi connectivity index (χ1n) is 9.37. The van der Waals surface area contributed by atoms with Gasteiger partial charge < -0.3 is 9.80 Å². The fourth-order valence-electron chi connectivity index (χ4n) is 3.75. The third-order valence-electron chi connectivity index (χ3n) is 5.40. The molecule has 1 aromatic heterocycles. The summed E-state index contributed by atoms with van der Waals surface area (Å²) >= 11 is 0. The van der Waals surface area contributed by atoms with Crippen molar-refractivity contribution in [1.29, 1.82) is 0 Å². The van der Waals surface area contributed by atoms with E-state index in [1.807, 2.05) is 24.3 Å². The maximum atomic E-state index is 12.8. The summed E-state index contributed by atoms with van der Waals surface area (Å²) in [6.07, 6.45) is 0. The third-order valence-corrected chi connectivity index (χ3v) is 5.40. The number of benzene rings is 2. The first kappa shape index (κ1) is 18.7. The molecule has 1 aliphatic rings. The molecule has 9 nitrogen and oxygen atoms in total. The molecule has 1 aliphatic heterocycles. The smallest absolute Gasteiger partial charge is 0.329 e. The molecule has 0 atom stereocenters. The van der Waals surface area contributed by atoms with E-state index in [2.05, 4.69) is 4.90 Å². The van der Waals surface area contributed by atoms with Gasteiger partial charge in [-0.15, -0.1) is 0 Å². The second-order valence-corrected chi connectivity index (χ2v) is 7.06. The lowest BCUT2D eigenvalue weighted by atomic mass is 10.2. The van der Waals surface area contributed by atoms with Crippen LogP contribution in [0.4, 0.5) is 11.4 Å². The Labute approximate surface area is 166 Å². The van der Waals surface area contributed by atoms with Crippen LogP contribution in [0.5, 0.6) is 0 Å². The summed E-state index contributed by atoms with van der Waals surface area (Å²) < 4.78 is 3.06. The van der Waals surface area contributed by atoms with E-state index < -0.39 is 4.92 Å². The predicted octanol–water partition coefficient (Wildman–Crippen LogP) is 1.60. The van der Waals surface area contributed by atoms with Gasteiger partial charge in [-0.3, -0.25) is 24.0 Å². The zero-order chi connectivity index (χ0) is 20.5. The monoisotopic (exact) mass is 395 g/mol. The van der Waals surface area contributed by atoms with Gasteiger partial charge in [-0.1, -0.05) is 12.1 Å². The highest BCUT2D eigenvalue weighted by Crippen LogP contribution is 2.21. The number of anilines is 1. The van der Waals surface area contributed by atoms with E-state index in [4.69, 9.17) is 0 Å². The van der Waals surface area contributed by atoms with Gasteiger partial charge in [-0.05, 0) is 24.3 Å². The predicted molar refractivity (Wildman–Crippen MR) is 109 cm³/mol. The summed E-state index contributed by atoms with van der Waals surface area (Å²) in [4.78, 5) is 39.5. The van der Waals surface area contributed by atoms with E-state index in [0.717, 1.165) is 16.7 Å². The standard InChI is InChI=1S/C20H21N5O4/c1-21-17-4-2-3-5-18(17)24(20(21)27)14-19(26)23-12-10-22(11-13-23)15-6-8-16(9-7-15)25(28)29/h2-9H,10-14H2,1H3. The minimum absolute atomic E-state index is 0.0116. The largest absolute Gasteiger partial charge is 0.368 e. The Morgan fingerprint density at radius 1 is 1.00 bits per heavy atom. The molecule has 4 rings (SSSR count). The molecule has 1 amide bonds. The van der Waals surface area contributed by atoms with Crippen LogP contribution < -0.4 is 10.6 Å². The van der Waals surface area contributed by atoms with E-state index >= 15 is 0 Å². The Kier molecular flexibility index (Phi) is 4.79. The molecule has 1 fully saturated rings. The Morgan fingerprint density at radius 3 is 2.24 bits per heavy atom. The number of nitro groups is 1. The summed E-state index contributed by atoms with van der Waals surface area (Å²) in [5, 5.41) is 10.8. The van der Waals surface area contributed by atoms with Gasteiger partial charge in [0, 0.05) is 51.0 Å². The summed E-state index contributed by atoms with van der Waals surface area (Å²) in [7, 11) is 1.70. The van der Waals surface area contributed by atoms with Crippen molar-refractivity contribution in [1.82, 2.24) is 14.0 Å². The Balaban J connectivity index is 1.43. The van der Waals surface area contributed by atoms with Gasteiger partial charge in [0.05, 0.1) is 16.0 Å². The number of amides is 1. The summed E-state index contributed by atoms with van der Waals surface area (Å²) in [5.74, 6) is -0.0909. The van der Waals surface area contributed by atoms with Crippen LogP contribution in [-0.2, 0) is 18.4 Å². The minimum Gasteiger partial charge on any atom is -0.368 e. The van der Waals surface area contributed by atoms with Gasteiger partial charge in [0.25, 0.3) is 5.69 Å². The number of hydrogen-bond donors (Lipinski definition) is 0. The normalized spacial score (nSPS) is 14.4. The number of aromatic nitrogens is 2. The second kappa shape index (κ2) is 7.42. The number of hydrogen-bond acceptors (Lipinski definition) is 5. The van der Waals surface area contributed by atoms with Crippen LogP contribution in [0.1, 0.15) is 0 Å². The molecule has 0 unspecified atom stereocenters. The molecule has 29 heavy (non-hydrogen) atoms. The number of nitrogens with zero attached hydrogens (tertiary/aromatic N) is 5. The highest BCUT2D eigenvalue weighted by atomic mass is 16.6. The van der Waals surface area contributed by atoms with Gasteiger partial charge in [0.1, 0.15) is 6.54 Å². The van der Waals surface area contributed by atoms with Gasteiger partial charge in [-0.25, -0.2) is 4.79 Å². The highest BCUT2D eigenvalue weighted by molar-refractivity contribution is 5.81. The third kappa shape index (κ3) is 3.46. The fourth-order valence-corrected chi connectivity index (χ4v) is 3.75. The Morgan fingerprint density at radius 2 is 1.62 bits per heavy atom. The van der Waals surface area contributed by atoms with Gasteiger partial charge in [0.15, 0.2) is 0 Å². The van der Waals surface area contributed by atoms with Crippen molar-refractivity contribution in [2.75, 3.05) is 31.1 Å². The van der Waals surface area contributed by atoms with Crippen LogP contribution in [0, 0.1) is 10.1 Å². The van der Waals surface area contributed by atoms with Crippen molar-refractivity contribution in [2.24, 2.45) is 7.05 Å². The van der Waals surface area contributed by atoms with Crippen molar-refractivity contribution in [3.8, 4) is 0 Å². The van der Waals surface area contributed by atoms with Crippen molar-refractivity contribution in [3.05, 3.63) is 69.1 Å². The van der Waals surface area contributed by atoms with Crippen molar-refractivity contribution in [2.45, 2.75) is 6.54 Å². The molecule has 9 heteroatoms. The van der Waals surface area contributed by atoms with Crippen LogP contribution >= 0.6 is 0 Å². The summed E-state index contributed by atoms with van der Waals surface area (Å²) in [5.41, 5.74) is 2.30. The van der Waals surface area contributed by atoms with Crippen LogP contribution in [0.15, 0.2) is 53.3 Å². The molecule has 1 saturated heterocycles. The topological polar surface area (TPSA) is 93.6 Å². The Hall–Kier alpha value is -3.62. The van der Waals surface area contributed by atoms with E-state index in [9.17, 15) is 19.7 Å². The maximum Gasteiger partial charge on any atom is 0.329 e. The summed E-state index contributed by atoms with van der Waals surface area (Å²) in [6.45, 7) is 2.35. The zero-order valence-electron chi connectivity index (χ0n) is 16.0. The lowest BCUT2D eigenvalue weighted by Crippen LogP contribution is -2.50. The van der Waals surface area contributed by atoms with Gasteiger partial charge in [-0.2, -0.15) is 0 Å². The average Bonchev–Trinajstić information content (AvgIpc) is 2.99. The van der Waals surface area contributed by atoms with E-state index in [0.29, 0.717) is 26.2 Å². The van der Waals surface area contributed by atoms with Crippen molar-refractivity contribution in [3.63, 3.8) is 0 Å². The molecule has 2 heterocycles. The molecular formula is C20H21N5O4. The first-order chi connectivity index (χ1) is 14.0. The molecule has 150 valence electrons. The molecule has 0 bridgehead atoms. The van der Waals surface area contributed by atoms with E-state index in [1.165, 1.54) is 16.7 Å². The number of carbonyl (C=O) groups excluding carboxylic acids is 1. The van der Waals surface area contributed by atoms with E-state index in [-0.39, 0.29) is 23.8 Å². The van der Waals surface area contributed by atoms with E-state index in [1.54, 1.807) is 28.6 Å². The lowest BCUT2D eigenvalue weighted by Gasteiger charge is -2.36. The first-order valence-corrected chi connectivity index (χ1v) is 9.37. The molecule has 0 N–H and O–H groups in total. The fraction of sp³-hybridized carbons (Fsp3) is 0.300. The molecule has 0 aliphatic carbocycles. The quantitative estimate of drug-likeness (QED) is 0.494. The van der Waals surface area contributed by atoms with Gasteiger partial charge >= 0.3 is 5.69 Å². The molecule has 0 radical (unpaired) electrons. The molecule has 3 aromatic rings. The average molecular weight is 395 g/mol. The van der Waals surface area contributed by atoms with Crippen molar-refractivity contribution < 1.29 is 9.72 Å². The second-order valence-electron chi connectivity index (χ2n) is 7.06. The summed E-state index contributed by atoms with van der Waals surface area (Å²) in [6, 6.07) is 13.9. The Bertz CT molecular complexity index is 1120. The van der Waals surface area contributed by atoms with Crippen LogP contribution in [0.2, 0.25) is 0 Å². The zero-order valence-corrected chi connectivity index (χ0v) is 16.0. The number of aryl methyl sites for hydroxylation is 1. The number of carbonyl (C=O) groups is 1. The number of para-hydroxylation sites is 2. The maximum absolute atomic E-state index is 12.8. The molecule has 0 spiro atoms. The molecular weight excluding hydrogens is 374 g/mol. The number of non-ortho nitro benzene ring substituents is 1. The number of nitro benzene ring substituents is 1. The number of imidazole rings is 1. The molecule has 2 aromatic carbocycles. The lowest BCUT2D eigenvalue weighted by molar-refractivity contribution is -0.384. The van der Waals surface area contributed by atoms with Crippen LogP contribution in [0.3, 0.4) is 0 Å². The SMILES string of the molecule is Cn1c(=O)n(CC(=O)N2CCN(c3ccc([N+](=O)[O-])cc3)CC2)c2ccccc21. The van der Waals surface area contributed by atoms with Crippen LogP contribution in [0.25, 0.3) is 11.0 Å². The molecule has 0 saturated carbocycles. The number of piperazine rings is 1. The number of rotatable bonds is 4.